The highest BCUT2D eigenvalue weighted by Crippen LogP contribution is 2.12. The number of likely N-dealkylation sites (N-methyl/N-ethyl adjacent to an activating group) is 1. The molecular weight excluding hydrogens is 280 g/mol. The number of guanidine groups is 1. The molecule has 130 valence electrons. The molecule has 1 aliphatic rings. The Bertz CT molecular complexity index is 294. The SMILES string of the molecule is CCNC(=NCCCOCC1CCOC1)NCCN(C)CC. The molecule has 0 spiro atoms. The van der Waals surface area contributed by atoms with E-state index in [1.165, 1.54) is 0 Å². The van der Waals surface area contributed by atoms with Gasteiger partial charge in [0.05, 0.1) is 13.2 Å². The third kappa shape index (κ3) is 9.23. The summed E-state index contributed by atoms with van der Waals surface area (Å²) < 4.78 is 11.0. The Hall–Kier alpha value is -0.850. The molecule has 0 aromatic rings. The summed E-state index contributed by atoms with van der Waals surface area (Å²) >= 11 is 0. The van der Waals surface area contributed by atoms with Crippen LogP contribution in [0.25, 0.3) is 0 Å². The van der Waals surface area contributed by atoms with Gasteiger partial charge >= 0.3 is 0 Å². The Balaban J connectivity index is 2.07. The van der Waals surface area contributed by atoms with Crippen LogP contribution in [0.2, 0.25) is 0 Å². The van der Waals surface area contributed by atoms with E-state index in [9.17, 15) is 0 Å². The summed E-state index contributed by atoms with van der Waals surface area (Å²) in [5.41, 5.74) is 0. The van der Waals surface area contributed by atoms with E-state index >= 15 is 0 Å². The van der Waals surface area contributed by atoms with E-state index in [1.54, 1.807) is 0 Å². The van der Waals surface area contributed by atoms with E-state index in [1.807, 2.05) is 0 Å². The number of ether oxygens (including phenoxy) is 2. The first-order valence-electron chi connectivity index (χ1n) is 8.62. The van der Waals surface area contributed by atoms with Gasteiger partial charge in [-0.3, -0.25) is 4.99 Å². The standard InChI is InChI=1S/C16H34N4O2/c1-4-17-16(19-9-10-20(3)5-2)18-8-6-11-21-13-15-7-12-22-14-15/h15H,4-14H2,1-3H3,(H2,17,18,19). The van der Waals surface area contributed by atoms with E-state index in [4.69, 9.17) is 9.47 Å². The number of aliphatic imine (C=N–C) groups is 1. The smallest absolute Gasteiger partial charge is 0.191 e. The number of nitrogens with zero attached hydrogens (tertiary/aromatic N) is 2. The predicted octanol–water partition coefficient (Wildman–Crippen LogP) is 0.936. The van der Waals surface area contributed by atoms with E-state index in [0.29, 0.717) is 5.92 Å². The molecule has 6 heteroatoms. The zero-order chi connectivity index (χ0) is 16.0. The summed E-state index contributed by atoms with van der Waals surface area (Å²) in [6.45, 7) is 12.3. The first-order chi connectivity index (χ1) is 10.8. The Morgan fingerprint density at radius 3 is 2.91 bits per heavy atom. The Kier molecular flexibility index (Phi) is 11.1. The molecule has 0 bridgehead atoms. The van der Waals surface area contributed by atoms with Gasteiger partial charge in [0.25, 0.3) is 0 Å². The van der Waals surface area contributed by atoms with Crippen molar-refractivity contribution in [2.24, 2.45) is 10.9 Å². The molecule has 0 aromatic heterocycles. The molecule has 1 saturated heterocycles. The number of hydrogen-bond acceptors (Lipinski definition) is 4. The van der Waals surface area contributed by atoms with Gasteiger partial charge in [0.15, 0.2) is 5.96 Å². The van der Waals surface area contributed by atoms with Crippen LogP contribution in [0.3, 0.4) is 0 Å². The molecule has 0 saturated carbocycles. The molecular formula is C16H34N4O2. The molecule has 1 aliphatic heterocycles. The summed E-state index contributed by atoms with van der Waals surface area (Å²) in [7, 11) is 2.12. The van der Waals surface area contributed by atoms with Crippen LogP contribution in [0.15, 0.2) is 4.99 Å². The molecule has 2 N–H and O–H groups in total. The van der Waals surface area contributed by atoms with Crippen LogP contribution in [0, 0.1) is 5.92 Å². The molecule has 1 heterocycles. The highest BCUT2D eigenvalue weighted by molar-refractivity contribution is 5.79. The highest BCUT2D eigenvalue weighted by atomic mass is 16.5. The van der Waals surface area contributed by atoms with Crippen molar-refractivity contribution in [1.29, 1.82) is 0 Å². The number of nitrogens with one attached hydrogen (secondary N) is 2. The van der Waals surface area contributed by atoms with Crippen molar-refractivity contribution in [3.63, 3.8) is 0 Å². The van der Waals surface area contributed by atoms with Crippen molar-refractivity contribution in [2.45, 2.75) is 26.7 Å². The van der Waals surface area contributed by atoms with Crippen LogP contribution in [0.1, 0.15) is 26.7 Å². The first kappa shape index (κ1) is 19.2. The highest BCUT2D eigenvalue weighted by Gasteiger charge is 2.15. The monoisotopic (exact) mass is 314 g/mol. The zero-order valence-electron chi connectivity index (χ0n) is 14.6. The maximum absolute atomic E-state index is 5.69. The summed E-state index contributed by atoms with van der Waals surface area (Å²) in [6, 6.07) is 0. The van der Waals surface area contributed by atoms with Crippen molar-refractivity contribution >= 4 is 5.96 Å². The van der Waals surface area contributed by atoms with Gasteiger partial charge in [-0.05, 0) is 33.4 Å². The molecule has 1 atom stereocenters. The summed E-state index contributed by atoms with van der Waals surface area (Å²) in [5, 5.41) is 6.63. The van der Waals surface area contributed by atoms with Crippen LogP contribution in [-0.2, 0) is 9.47 Å². The fourth-order valence-electron chi connectivity index (χ4n) is 2.19. The Labute approximate surface area is 135 Å². The minimum Gasteiger partial charge on any atom is -0.381 e. The van der Waals surface area contributed by atoms with Crippen LogP contribution in [0.5, 0.6) is 0 Å². The van der Waals surface area contributed by atoms with Gasteiger partial charge < -0.3 is 25.0 Å². The van der Waals surface area contributed by atoms with E-state index in [2.05, 4.69) is 41.4 Å². The van der Waals surface area contributed by atoms with Crippen molar-refractivity contribution in [1.82, 2.24) is 15.5 Å². The van der Waals surface area contributed by atoms with Crippen LogP contribution in [0.4, 0.5) is 0 Å². The average Bonchev–Trinajstić information content (AvgIpc) is 3.03. The molecule has 22 heavy (non-hydrogen) atoms. The molecule has 1 rings (SSSR count). The van der Waals surface area contributed by atoms with Gasteiger partial charge in [-0.25, -0.2) is 0 Å². The number of hydrogen-bond donors (Lipinski definition) is 2. The first-order valence-corrected chi connectivity index (χ1v) is 8.62. The second-order valence-corrected chi connectivity index (χ2v) is 5.74. The predicted molar refractivity (Wildman–Crippen MR) is 91.5 cm³/mol. The maximum Gasteiger partial charge on any atom is 0.191 e. The van der Waals surface area contributed by atoms with Crippen molar-refractivity contribution in [2.75, 3.05) is 66.2 Å². The second kappa shape index (κ2) is 12.7. The molecule has 1 fully saturated rings. The largest absolute Gasteiger partial charge is 0.381 e. The average molecular weight is 314 g/mol. The van der Waals surface area contributed by atoms with Crippen molar-refractivity contribution in [3.8, 4) is 0 Å². The lowest BCUT2D eigenvalue weighted by Gasteiger charge is -2.16. The molecule has 1 unspecified atom stereocenters. The van der Waals surface area contributed by atoms with Gasteiger partial charge in [-0.2, -0.15) is 0 Å². The molecule has 6 nitrogen and oxygen atoms in total. The summed E-state index contributed by atoms with van der Waals surface area (Å²) in [4.78, 5) is 6.85. The number of rotatable bonds is 11. The maximum atomic E-state index is 5.69. The lowest BCUT2D eigenvalue weighted by molar-refractivity contribution is 0.0893. The van der Waals surface area contributed by atoms with Crippen molar-refractivity contribution < 1.29 is 9.47 Å². The lowest BCUT2D eigenvalue weighted by Crippen LogP contribution is -2.41. The van der Waals surface area contributed by atoms with E-state index in [0.717, 1.165) is 78.0 Å². The zero-order valence-corrected chi connectivity index (χ0v) is 14.6. The van der Waals surface area contributed by atoms with E-state index in [-0.39, 0.29) is 0 Å². The van der Waals surface area contributed by atoms with Gasteiger partial charge in [-0.15, -0.1) is 0 Å². The quantitative estimate of drug-likeness (QED) is 0.338. The fourth-order valence-corrected chi connectivity index (χ4v) is 2.19. The molecule has 0 amide bonds. The summed E-state index contributed by atoms with van der Waals surface area (Å²) in [6.07, 6.45) is 2.10. The Morgan fingerprint density at radius 2 is 2.23 bits per heavy atom. The fraction of sp³-hybridized carbons (Fsp3) is 0.938. The third-order valence-electron chi connectivity index (χ3n) is 3.76. The van der Waals surface area contributed by atoms with Crippen molar-refractivity contribution in [3.05, 3.63) is 0 Å². The third-order valence-corrected chi connectivity index (χ3v) is 3.76. The Morgan fingerprint density at radius 1 is 1.36 bits per heavy atom. The van der Waals surface area contributed by atoms with Crippen LogP contribution in [-0.4, -0.2) is 77.1 Å². The molecule has 0 radical (unpaired) electrons. The van der Waals surface area contributed by atoms with Gasteiger partial charge in [0.1, 0.15) is 0 Å². The van der Waals surface area contributed by atoms with E-state index < -0.39 is 0 Å². The van der Waals surface area contributed by atoms with Crippen LogP contribution >= 0.6 is 0 Å². The summed E-state index contributed by atoms with van der Waals surface area (Å²) in [5.74, 6) is 1.49. The lowest BCUT2D eigenvalue weighted by atomic mass is 10.1. The minimum atomic E-state index is 0.595. The molecule has 0 aromatic carbocycles. The topological polar surface area (TPSA) is 58.1 Å². The minimum absolute atomic E-state index is 0.595. The second-order valence-electron chi connectivity index (χ2n) is 5.74. The van der Waals surface area contributed by atoms with Gasteiger partial charge in [0.2, 0.25) is 0 Å². The van der Waals surface area contributed by atoms with Gasteiger partial charge in [-0.1, -0.05) is 6.92 Å². The molecule has 0 aliphatic carbocycles. The normalized spacial score (nSPS) is 18.9. The van der Waals surface area contributed by atoms with Crippen LogP contribution < -0.4 is 10.6 Å². The van der Waals surface area contributed by atoms with Gasteiger partial charge in [0, 0.05) is 45.3 Å².